The number of nitrogens with zero attached hydrogens (tertiary/aromatic N) is 7. The van der Waals surface area contributed by atoms with Crippen LogP contribution in [0.4, 0.5) is 5.82 Å². The summed E-state index contributed by atoms with van der Waals surface area (Å²) >= 11 is 0. The van der Waals surface area contributed by atoms with Crippen LogP contribution in [0, 0.1) is 6.92 Å². The minimum atomic E-state index is -0.0199. The molecule has 0 spiro atoms. The van der Waals surface area contributed by atoms with Gasteiger partial charge in [-0.1, -0.05) is 24.3 Å². The van der Waals surface area contributed by atoms with Crippen LogP contribution in [-0.4, -0.2) is 61.6 Å². The molecule has 5 rings (SSSR count). The van der Waals surface area contributed by atoms with Crippen molar-refractivity contribution in [1.29, 1.82) is 0 Å². The molecule has 1 aliphatic heterocycles. The molecule has 0 bridgehead atoms. The number of pyridine rings is 1. The van der Waals surface area contributed by atoms with E-state index in [-0.39, 0.29) is 5.91 Å². The Balaban J connectivity index is 1.35. The number of aromatic nitrogens is 5. The van der Waals surface area contributed by atoms with Crippen LogP contribution in [-0.2, 0) is 0 Å². The van der Waals surface area contributed by atoms with Crippen molar-refractivity contribution in [3.63, 3.8) is 0 Å². The average Bonchev–Trinajstić information content (AvgIpc) is 3.22. The molecule has 28 heavy (non-hydrogen) atoms. The lowest BCUT2D eigenvalue weighted by molar-refractivity contribution is 0.0743. The van der Waals surface area contributed by atoms with E-state index in [9.17, 15) is 4.79 Å². The molecule has 1 amide bonds. The standard InChI is InChI=1S/C20H19N7O/c1-14-12-17(23-20-24-22-13-27(14)20)25-8-10-26(11-9-25)19(28)18-16-5-3-2-4-15(16)6-7-21-18/h2-7,12-13H,8-11H2,1H3. The molecule has 3 aromatic heterocycles. The molecule has 4 aromatic rings. The summed E-state index contributed by atoms with van der Waals surface area (Å²) in [5.41, 5.74) is 1.55. The Morgan fingerprint density at radius 3 is 2.75 bits per heavy atom. The van der Waals surface area contributed by atoms with E-state index in [1.165, 1.54) is 0 Å². The van der Waals surface area contributed by atoms with Gasteiger partial charge in [0.15, 0.2) is 0 Å². The quantitative estimate of drug-likeness (QED) is 0.534. The number of carbonyl (C=O) groups excluding carboxylic acids is 1. The summed E-state index contributed by atoms with van der Waals surface area (Å²) in [5, 5.41) is 9.89. The molecular weight excluding hydrogens is 354 g/mol. The van der Waals surface area contributed by atoms with Crippen LogP contribution in [0.15, 0.2) is 48.9 Å². The summed E-state index contributed by atoms with van der Waals surface area (Å²) in [6.07, 6.45) is 3.36. The number of aryl methyl sites for hydroxylation is 1. The first-order chi connectivity index (χ1) is 13.7. The van der Waals surface area contributed by atoms with Gasteiger partial charge in [-0.25, -0.2) is 0 Å². The Labute approximate surface area is 161 Å². The molecule has 0 aliphatic carbocycles. The van der Waals surface area contributed by atoms with Gasteiger partial charge >= 0.3 is 0 Å². The summed E-state index contributed by atoms with van der Waals surface area (Å²) in [6.45, 7) is 4.69. The first kappa shape index (κ1) is 16.6. The zero-order valence-corrected chi connectivity index (χ0v) is 15.5. The largest absolute Gasteiger partial charge is 0.353 e. The number of fused-ring (bicyclic) bond motifs is 2. The van der Waals surface area contributed by atoms with Crippen molar-refractivity contribution in [2.75, 3.05) is 31.1 Å². The van der Waals surface area contributed by atoms with Gasteiger partial charge in [0.2, 0.25) is 0 Å². The molecule has 0 radical (unpaired) electrons. The predicted molar refractivity (Wildman–Crippen MR) is 105 cm³/mol. The van der Waals surface area contributed by atoms with Crippen molar-refractivity contribution in [2.45, 2.75) is 6.92 Å². The Kier molecular flexibility index (Phi) is 3.89. The number of hydrogen-bond acceptors (Lipinski definition) is 6. The summed E-state index contributed by atoms with van der Waals surface area (Å²) in [4.78, 5) is 26.1. The molecule has 4 heterocycles. The fourth-order valence-electron chi connectivity index (χ4n) is 3.69. The van der Waals surface area contributed by atoms with E-state index in [4.69, 9.17) is 0 Å². The molecule has 8 nitrogen and oxygen atoms in total. The molecule has 8 heteroatoms. The maximum Gasteiger partial charge on any atom is 0.273 e. The summed E-state index contributed by atoms with van der Waals surface area (Å²) in [7, 11) is 0. The van der Waals surface area contributed by atoms with Gasteiger partial charge in [-0.05, 0) is 18.4 Å². The van der Waals surface area contributed by atoms with E-state index < -0.39 is 0 Å². The van der Waals surface area contributed by atoms with Crippen molar-refractivity contribution in [2.24, 2.45) is 0 Å². The van der Waals surface area contributed by atoms with Gasteiger partial charge in [0, 0.05) is 49.5 Å². The monoisotopic (exact) mass is 373 g/mol. The number of piperazine rings is 1. The lowest BCUT2D eigenvalue weighted by Crippen LogP contribution is -2.49. The van der Waals surface area contributed by atoms with Gasteiger partial charge in [0.05, 0.1) is 0 Å². The molecule has 0 unspecified atom stereocenters. The summed E-state index contributed by atoms with van der Waals surface area (Å²) in [5.74, 6) is 1.44. The second-order valence-electron chi connectivity index (χ2n) is 6.92. The molecular formula is C20H19N7O. The minimum absolute atomic E-state index is 0.0199. The van der Waals surface area contributed by atoms with Gasteiger partial charge in [0.1, 0.15) is 17.8 Å². The SMILES string of the molecule is Cc1cc(N2CCN(C(=O)c3nccc4ccccc34)CC2)nc2nncn12. The van der Waals surface area contributed by atoms with Gasteiger partial charge in [-0.2, -0.15) is 4.98 Å². The van der Waals surface area contributed by atoms with Gasteiger partial charge in [-0.3, -0.25) is 14.2 Å². The number of hydrogen-bond donors (Lipinski definition) is 0. The van der Waals surface area contributed by atoms with Crippen molar-refractivity contribution >= 4 is 28.3 Å². The van der Waals surface area contributed by atoms with Crippen LogP contribution >= 0.6 is 0 Å². The molecule has 1 aliphatic rings. The third-order valence-electron chi connectivity index (χ3n) is 5.23. The zero-order valence-electron chi connectivity index (χ0n) is 15.5. The van der Waals surface area contributed by atoms with Crippen LogP contribution in [0.5, 0.6) is 0 Å². The Bertz CT molecular complexity index is 1170. The lowest BCUT2D eigenvalue weighted by atomic mass is 10.1. The van der Waals surface area contributed by atoms with Gasteiger partial charge in [-0.15, -0.1) is 10.2 Å². The van der Waals surface area contributed by atoms with E-state index in [0.717, 1.165) is 22.3 Å². The zero-order chi connectivity index (χ0) is 19.1. The summed E-state index contributed by atoms with van der Waals surface area (Å²) < 4.78 is 1.86. The molecule has 0 atom stereocenters. The van der Waals surface area contributed by atoms with E-state index in [2.05, 4.69) is 25.1 Å². The maximum absolute atomic E-state index is 13.1. The number of rotatable bonds is 2. The Hall–Kier alpha value is -3.55. The Morgan fingerprint density at radius 2 is 1.89 bits per heavy atom. The highest BCUT2D eigenvalue weighted by molar-refractivity contribution is 6.05. The minimum Gasteiger partial charge on any atom is -0.353 e. The van der Waals surface area contributed by atoms with Crippen LogP contribution in [0.1, 0.15) is 16.2 Å². The molecule has 0 N–H and O–H groups in total. The van der Waals surface area contributed by atoms with E-state index in [1.54, 1.807) is 12.5 Å². The molecule has 1 saturated heterocycles. The third-order valence-corrected chi connectivity index (χ3v) is 5.23. The molecule has 140 valence electrons. The smallest absolute Gasteiger partial charge is 0.273 e. The van der Waals surface area contributed by atoms with Gasteiger partial charge < -0.3 is 9.80 Å². The molecule has 1 aromatic carbocycles. The predicted octanol–water partition coefficient (Wildman–Crippen LogP) is 1.94. The van der Waals surface area contributed by atoms with Crippen molar-refractivity contribution < 1.29 is 4.79 Å². The van der Waals surface area contributed by atoms with E-state index in [1.807, 2.05) is 52.6 Å². The van der Waals surface area contributed by atoms with Crippen LogP contribution < -0.4 is 4.90 Å². The highest BCUT2D eigenvalue weighted by Gasteiger charge is 2.25. The normalized spacial score (nSPS) is 14.8. The van der Waals surface area contributed by atoms with Crippen LogP contribution in [0.25, 0.3) is 16.6 Å². The van der Waals surface area contributed by atoms with E-state index >= 15 is 0 Å². The average molecular weight is 373 g/mol. The van der Waals surface area contributed by atoms with Crippen molar-refractivity contribution in [3.05, 3.63) is 60.3 Å². The number of anilines is 1. The highest BCUT2D eigenvalue weighted by Crippen LogP contribution is 2.20. The fraction of sp³-hybridized carbons (Fsp3) is 0.250. The number of amides is 1. The first-order valence-electron chi connectivity index (χ1n) is 9.26. The van der Waals surface area contributed by atoms with Crippen LogP contribution in [0.2, 0.25) is 0 Å². The van der Waals surface area contributed by atoms with E-state index in [0.29, 0.717) is 37.7 Å². The molecule has 1 fully saturated rings. The highest BCUT2D eigenvalue weighted by atomic mass is 16.2. The third kappa shape index (κ3) is 2.74. The Morgan fingerprint density at radius 1 is 1.07 bits per heavy atom. The maximum atomic E-state index is 13.1. The summed E-state index contributed by atoms with van der Waals surface area (Å²) in [6, 6.07) is 11.8. The van der Waals surface area contributed by atoms with Crippen LogP contribution in [0.3, 0.4) is 0 Å². The van der Waals surface area contributed by atoms with Crippen molar-refractivity contribution in [3.8, 4) is 0 Å². The number of benzene rings is 1. The molecule has 0 saturated carbocycles. The van der Waals surface area contributed by atoms with Gasteiger partial charge in [0.25, 0.3) is 11.7 Å². The fourth-order valence-corrected chi connectivity index (χ4v) is 3.69. The number of carbonyl (C=O) groups is 1. The second kappa shape index (κ2) is 6.56. The lowest BCUT2D eigenvalue weighted by Gasteiger charge is -2.35. The topological polar surface area (TPSA) is 79.5 Å². The van der Waals surface area contributed by atoms with Crippen molar-refractivity contribution in [1.82, 2.24) is 29.5 Å². The first-order valence-corrected chi connectivity index (χ1v) is 9.26. The second-order valence-corrected chi connectivity index (χ2v) is 6.92.